The van der Waals surface area contributed by atoms with Crippen molar-refractivity contribution in [1.29, 1.82) is 0 Å². The first-order chi connectivity index (χ1) is 9.90. The van der Waals surface area contributed by atoms with Crippen LogP contribution < -0.4 is 5.32 Å². The first-order valence-electron chi connectivity index (χ1n) is 6.16. The Hall–Kier alpha value is -2.28. The van der Waals surface area contributed by atoms with E-state index in [-0.39, 0.29) is 4.88 Å². The monoisotopic (exact) mass is 308 g/mol. The van der Waals surface area contributed by atoms with Crippen molar-refractivity contribution >= 4 is 23.2 Å². The third-order valence-corrected chi connectivity index (χ3v) is 4.01. The minimum absolute atomic E-state index is 0.279. The summed E-state index contributed by atoms with van der Waals surface area (Å²) in [5.74, 6) is -2.07. The lowest BCUT2D eigenvalue weighted by molar-refractivity contribution is -0.138. The molecule has 0 saturated heterocycles. The number of aromatic nitrogens is 1. The number of carbonyl (C=O) groups is 2. The molecular weight excluding hydrogens is 295 g/mol. The molecule has 0 unspecified atom stereocenters. The van der Waals surface area contributed by atoms with Gasteiger partial charge in [-0.25, -0.2) is 9.37 Å². The zero-order valence-electron chi connectivity index (χ0n) is 11.4. The van der Waals surface area contributed by atoms with Crippen molar-refractivity contribution in [3.05, 3.63) is 40.7 Å². The number of thiazole rings is 1. The number of nitrogens with one attached hydrogen (secondary N) is 1. The number of carboxylic acid groups (broad SMARTS) is 1. The average Bonchev–Trinajstić information content (AvgIpc) is 2.81. The Bertz CT molecular complexity index is 699. The molecule has 21 heavy (non-hydrogen) atoms. The summed E-state index contributed by atoms with van der Waals surface area (Å²) in [5, 5.41) is 11.5. The van der Waals surface area contributed by atoms with E-state index in [0.717, 1.165) is 11.3 Å². The Kier molecular flexibility index (Phi) is 4.32. The molecule has 1 aromatic carbocycles. The topological polar surface area (TPSA) is 79.3 Å². The Morgan fingerprint density at radius 1 is 1.38 bits per heavy atom. The van der Waals surface area contributed by atoms with Crippen molar-refractivity contribution in [3.63, 3.8) is 0 Å². The minimum Gasteiger partial charge on any atom is -0.480 e. The fourth-order valence-corrected chi connectivity index (χ4v) is 2.68. The summed E-state index contributed by atoms with van der Waals surface area (Å²) in [7, 11) is 0. The number of carboxylic acids is 1. The fourth-order valence-electron chi connectivity index (χ4n) is 1.68. The van der Waals surface area contributed by atoms with E-state index in [4.69, 9.17) is 5.11 Å². The quantitative estimate of drug-likeness (QED) is 0.909. The van der Waals surface area contributed by atoms with Crippen LogP contribution in [0.5, 0.6) is 0 Å². The molecule has 0 aliphatic carbocycles. The van der Waals surface area contributed by atoms with E-state index in [9.17, 15) is 14.0 Å². The van der Waals surface area contributed by atoms with E-state index >= 15 is 0 Å². The van der Waals surface area contributed by atoms with Gasteiger partial charge in [0.2, 0.25) is 0 Å². The highest BCUT2D eigenvalue weighted by Gasteiger charge is 2.21. The molecule has 7 heteroatoms. The summed E-state index contributed by atoms with van der Waals surface area (Å²) in [6, 6.07) is 5.15. The third-order valence-electron chi connectivity index (χ3n) is 2.83. The van der Waals surface area contributed by atoms with Crippen LogP contribution >= 0.6 is 11.3 Å². The molecular formula is C14H13FN2O3S. The lowest BCUT2D eigenvalue weighted by atomic mass is 10.2. The molecule has 0 spiro atoms. The zero-order chi connectivity index (χ0) is 15.6. The van der Waals surface area contributed by atoms with Crippen molar-refractivity contribution in [2.24, 2.45) is 0 Å². The molecule has 2 rings (SSSR count). The first-order valence-corrected chi connectivity index (χ1v) is 6.97. The summed E-state index contributed by atoms with van der Waals surface area (Å²) >= 11 is 1.03. The van der Waals surface area contributed by atoms with Gasteiger partial charge in [-0.15, -0.1) is 11.3 Å². The van der Waals surface area contributed by atoms with Gasteiger partial charge in [-0.1, -0.05) is 12.1 Å². The van der Waals surface area contributed by atoms with Crippen LogP contribution in [0.2, 0.25) is 0 Å². The van der Waals surface area contributed by atoms with Crippen LogP contribution in [-0.4, -0.2) is 28.0 Å². The molecule has 0 radical (unpaired) electrons. The van der Waals surface area contributed by atoms with E-state index in [0.29, 0.717) is 16.3 Å². The zero-order valence-corrected chi connectivity index (χ0v) is 12.2. The van der Waals surface area contributed by atoms with Gasteiger partial charge >= 0.3 is 5.97 Å². The number of nitrogens with zero attached hydrogens (tertiary/aromatic N) is 1. The van der Waals surface area contributed by atoms with Gasteiger partial charge in [0.25, 0.3) is 5.91 Å². The molecule has 110 valence electrons. The third kappa shape index (κ3) is 3.25. The molecule has 2 N–H and O–H groups in total. The normalized spacial score (nSPS) is 12.0. The standard InChI is InChI=1S/C14H13FN2O3S/c1-7-11(12(18)16-8(2)14(19)20)21-13(17-7)9-5-3-4-6-10(9)15/h3-6,8H,1-2H3,(H,16,18)(H,19,20)/t8-/m0/s1. The fraction of sp³-hybridized carbons (Fsp3) is 0.214. The Morgan fingerprint density at radius 3 is 2.67 bits per heavy atom. The maximum absolute atomic E-state index is 13.7. The number of halogens is 1. The van der Waals surface area contributed by atoms with Crippen molar-refractivity contribution in [3.8, 4) is 10.6 Å². The Labute approximate surface area is 124 Å². The number of aryl methyl sites for hydroxylation is 1. The van der Waals surface area contributed by atoms with Crippen molar-refractivity contribution in [2.75, 3.05) is 0 Å². The molecule has 1 heterocycles. The smallest absolute Gasteiger partial charge is 0.325 e. The molecule has 0 aliphatic heterocycles. The molecule has 5 nitrogen and oxygen atoms in total. The lowest BCUT2D eigenvalue weighted by Gasteiger charge is -2.07. The second kappa shape index (κ2) is 6.01. The van der Waals surface area contributed by atoms with Crippen LogP contribution in [-0.2, 0) is 4.79 Å². The average molecular weight is 308 g/mol. The predicted octanol–water partition coefficient (Wildman–Crippen LogP) is 2.46. The van der Waals surface area contributed by atoms with Crippen molar-refractivity contribution < 1.29 is 19.1 Å². The number of aliphatic carboxylic acids is 1. The van der Waals surface area contributed by atoms with Gasteiger partial charge in [0, 0.05) is 5.56 Å². The van der Waals surface area contributed by atoms with Crippen molar-refractivity contribution in [2.45, 2.75) is 19.9 Å². The number of benzene rings is 1. The second-order valence-electron chi connectivity index (χ2n) is 4.45. The summed E-state index contributed by atoms with van der Waals surface area (Å²) < 4.78 is 13.7. The molecule has 2 aromatic rings. The van der Waals surface area contributed by atoms with Crippen molar-refractivity contribution in [1.82, 2.24) is 10.3 Å². The second-order valence-corrected chi connectivity index (χ2v) is 5.45. The van der Waals surface area contributed by atoms with E-state index in [1.807, 2.05) is 0 Å². The summed E-state index contributed by atoms with van der Waals surface area (Å²) in [5.41, 5.74) is 0.754. The molecule has 1 amide bonds. The molecule has 1 aromatic heterocycles. The summed E-state index contributed by atoms with van der Waals surface area (Å²) in [4.78, 5) is 27.2. The highest BCUT2D eigenvalue weighted by atomic mass is 32.1. The minimum atomic E-state index is -1.13. The maximum Gasteiger partial charge on any atom is 0.325 e. The number of hydrogen-bond acceptors (Lipinski definition) is 4. The van der Waals surface area contributed by atoms with E-state index in [2.05, 4.69) is 10.3 Å². The van der Waals surface area contributed by atoms with Crippen LogP contribution in [0.1, 0.15) is 22.3 Å². The number of hydrogen-bond donors (Lipinski definition) is 2. The van der Waals surface area contributed by atoms with Gasteiger partial charge in [-0.2, -0.15) is 0 Å². The largest absolute Gasteiger partial charge is 0.480 e. The maximum atomic E-state index is 13.7. The van der Waals surface area contributed by atoms with Crippen LogP contribution in [0.4, 0.5) is 4.39 Å². The van der Waals surface area contributed by atoms with E-state index in [1.165, 1.54) is 13.0 Å². The SMILES string of the molecule is Cc1nc(-c2ccccc2F)sc1C(=O)N[C@@H](C)C(=O)O. The highest BCUT2D eigenvalue weighted by Crippen LogP contribution is 2.29. The van der Waals surface area contributed by atoms with Crippen LogP contribution in [0.15, 0.2) is 24.3 Å². The summed E-state index contributed by atoms with van der Waals surface area (Å²) in [6.07, 6.45) is 0. The van der Waals surface area contributed by atoms with Crippen LogP contribution in [0.25, 0.3) is 10.6 Å². The summed E-state index contributed by atoms with van der Waals surface area (Å²) in [6.45, 7) is 3.00. The highest BCUT2D eigenvalue weighted by molar-refractivity contribution is 7.17. The van der Waals surface area contributed by atoms with Gasteiger partial charge < -0.3 is 10.4 Å². The van der Waals surface area contributed by atoms with E-state index in [1.54, 1.807) is 25.1 Å². The Morgan fingerprint density at radius 2 is 2.05 bits per heavy atom. The lowest BCUT2D eigenvalue weighted by Crippen LogP contribution is -2.38. The molecule has 0 bridgehead atoms. The van der Waals surface area contributed by atoms with Gasteiger partial charge in [0.05, 0.1) is 5.69 Å². The molecule has 0 saturated carbocycles. The van der Waals surface area contributed by atoms with Crippen LogP contribution in [0, 0.1) is 12.7 Å². The number of carbonyl (C=O) groups excluding carboxylic acids is 1. The van der Waals surface area contributed by atoms with Gasteiger partial charge in [0.15, 0.2) is 0 Å². The van der Waals surface area contributed by atoms with Gasteiger partial charge in [-0.3, -0.25) is 9.59 Å². The van der Waals surface area contributed by atoms with Gasteiger partial charge in [0.1, 0.15) is 21.7 Å². The van der Waals surface area contributed by atoms with Gasteiger partial charge in [-0.05, 0) is 26.0 Å². The Balaban J connectivity index is 2.30. The first kappa shape index (κ1) is 15.1. The molecule has 1 atom stereocenters. The van der Waals surface area contributed by atoms with E-state index < -0.39 is 23.7 Å². The van der Waals surface area contributed by atoms with Crippen LogP contribution in [0.3, 0.4) is 0 Å². The number of amides is 1. The number of rotatable bonds is 4. The predicted molar refractivity (Wildman–Crippen MR) is 76.8 cm³/mol. The molecule has 0 fully saturated rings. The molecule has 0 aliphatic rings.